The van der Waals surface area contributed by atoms with Gasteiger partial charge in [0.1, 0.15) is 17.4 Å². The molecule has 6 heteroatoms. The van der Waals surface area contributed by atoms with Crippen molar-refractivity contribution in [1.29, 1.82) is 0 Å². The zero-order valence-corrected chi connectivity index (χ0v) is 12.8. The molecule has 1 saturated heterocycles. The SMILES string of the molecule is COc1ccc(F)c(CN2C[C@H](OC)CC2c2ncc[nH]2)c1. The van der Waals surface area contributed by atoms with E-state index in [2.05, 4.69) is 14.9 Å². The second-order valence-corrected chi connectivity index (χ2v) is 5.47. The summed E-state index contributed by atoms with van der Waals surface area (Å²) in [7, 11) is 3.29. The summed E-state index contributed by atoms with van der Waals surface area (Å²) in [5, 5.41) is 0. The number of aromatic amines is 1. The normalized spacial score (nSPS) is 22.1. The van der Waals surface area contributed by atoms with Crippen LogP contribution in [0.1, 0.15) is 23.9 Å². The minimum Gasteiger partial charge on any atom is -0.497 e. The molecule has 2 aromatic rings. The van der Waals surface area contributed by atoms with E-state index in [0.717, 1.165) is 18.8 Å². The molecule has 0 amide bonds. The van der Waals surface area contributed by atoms with E-state index in [1.54, 1.807) is 38.7 Å². The van der Waals surface area contributed by atoms with Gasteiger partial charge in [-0.25, -0.2) is 9.37 Å². The Morgan fingerprint density at radius 2 is 2.27 bits per heavy atom. The van der Waals surface area contributed by atoms with Gasteiger partial charge in [-0.05, 0) is 24.6 Å². The van der Waals surface area contributed by atoms with E-state index in [4.69, 9.17) is 9.47 Å². The fourth-order valence-electron chi connectivity index (χ4n) is 2.97. The molecule has 0 bridgehead atoms. The van der Waals surface area contributed by atoms with Crippen LogP contribution in [0.25, 0.3) is 0 Å². The molecule has 1 N–H and O–H groups in total. The number of nitrogens with zero attached hydrogens (tertiary/aromatic N) is 2. The lowest BCUT2D eigenvalue weighted by Gasteiger charge is -2.23. The summed E-state index contributed by atoms with van der Waals surface area (Å²) in [5.74, 6) is 1.33. The molecule has 3 rings (SSSR count). The van der Waals surface area contributed by atoms with E-state index in [9.17, 15) is 4.39 Å². The molecular formula is C16H20FN3O2. The number of methoxy groups -OCH3 is 2. The van der Waals surface area contributed by atoms with E-state index >= 15 is 0 Å². The average molecular weight is 305 g/mol. The van der Waals surface area contributed by atoms with Gasteiger partial charge in [-0.2, -0.15) is 0 Å². The van der Waals surface area contributed by atoms with Crippen molar-refractivity contribution in [3.63, 3.8) is 0 Å². The average Bonchev–Trinajstić information content (AvgIpc) is 3.18. The second kappa shape index (κ2) is 6.46. The first-order valence-corrected chi connectivity index (χ1v) is 7.29. The van der Waals surface area contributed by atoms with Crippen molar-refractivity contribution in [3.8, 4) is 5.75 Å². The largest absolute Gasteiger partial charge is 0.497 e. The number of aromatic nitrogens is 2. The number of hydrogen-bond acceptors (Lipinski definition) is 4. The third-order valence-electron chi connectivity index (χ3n) is 4.16. The van der Waals surface area contributed by atoms with Crippen molar-refractivity contribution in [2.75, 3.05) is 20.8 Å². The molecule has 5 nitrogen and oxygen atoms in total. The van der Waals surface area contributed by atoms with Crippen molar-refractivity contribution >= 4 is 0 Å². The topological polar surface area (TPSA) is 50.4 Å². The fourth-order valence-corrected chi connectivity index (χ4v) is 2.97. The zero-order chi connectivity index (χ0) is 15.5. The third kappa shape index (κ3) is 2.98. The molecule has 1 aromatic carbocycles. The van der Waals surface area contributed by atoms with Gasteiger partial charge in [0.15, 0.2) is 0 Å². The number of H-pyrrole nitrogens is 1. The second-order valence-electron chi connectivity index (χ2n) is 5.47. The van der Waals surface area contributed by atoms with Crippen LogP contribution < -0.4 is 4.74 Å². The molecule has 118 valence electrons. The zero-order valence-electron chi connectivity index (χ0n) is 12.8. The highest BCUT2D eigenvalue weighted by molar-refractivity contribution is 5.30. The Morgan fingerprint density at radius 3 is 2.95 bits per heavy atom. The highest BCUT2D eigenvalue weighted by Crippen LogP contribution is 2.33. The lowest BCUT2D eigenvalue weighted by Crippen LogP contribution is -2.25. The van der Waals surface area contributed by atoms with Crippen LogP contribution in [0.15, 0.2) is 30.6 Å². The number of ether oxygens (including phenoxy) is 2. The Labute approximate surface area is 129 Å². The van der Waals surface area contributed by atoms with Crippen molar-refractivity contribution in [1.82, 2.24) is 14.9 Å². The molecule has 2 atom stereocenters. The fraction of sp³-hybridized carbons (Fsp3) is 0.438. The number of hydrogen-bond donors (Lipinski definition) is 1. The first-order valence-electron chi connectivity index (χ1n) is 7.29. The Bertz CT molecular complexity index is 618. The van der Waals surface area contributed by atoms with Crippen molar-refractivity contribution in [2.24, 2.45) is 0 Å². The van der Waals surface area contributed by atoms with Gasteiger partial charge in [-0.15, -0.1) is 0 Å². The lowest BCUT2D eigenvalue weighted by atomic mass is 10.1. The van der Waals surface area contributed by atoms with Gasteiger partial charge >= 0.3 is 0 Å². The number of likely N-dealkylation sites (tertiary alicyclic amines) is 1. The molecule has 1 aliphatic rings. The van der Waals surface area contributed by atoms with Crippen molar-refractivity contribution in [2.45, 2.75) is 25.1 Å². The van der Waals surface area contributed by atoms with E-state index in [1.165, 1.54) is 6.07 Å². The van der Waals surface area contributed by atoms with Gasteiger partial charge in [0.25, 0.3) is 0 Å². The summed E-state index contributed by atoms with van der Waals surface area (Å²) in [5.41, 5.74) is 0.618. The summed E-state index contributed by atoms with van der Waals surface area (Å²) >= 11 is 0. The molecule has 1 fully saturated rings. The Morgan fingerprint density at radius 1 is 1.41 bits per heavy atom. The number of imidazole rings is 1. The summed E-state index contributed by atoms with van der Waals surface area (Å²) in [4.78, 5) is 9.68. The number of rotatable bonds is 5. The summed E-state index contributed by atoms with van der Waals surface area (Å²) in [6, 6.07) is 4.92. The highest BCUT2D eigenvalue weighted by atomic mass is 19.1. The van der Waals surface area contributed by atoms with Gasteiger partial charge in [-0.1, -0.05) is 0 Å². The van der Waals surface area contributed by atoms with E-state index < -0.39 is 0 Å². The smallest absolute Gasteiger partial charge is 0.127 e. The monoisotopic (exact) mass is 305 g/mol. The number of benzene rings is 1. The van der Waals surface area contributed by atoms with E-state index in [0.29, 0.717) is 17.9 Å². The molecule has 1 aromatic heterocycles. The predicted molar refractivity (Wildman–Crippen MR) is 80.1 cm³/mol. The molecule has 1 unspecified atom stereocenters. The van der Waals surface area contributed by atoms with E-state index in [-0.39, 0.29) is 18.0 Å². The quantitative estimate of drug-likeness (QED) is 0.922. The van der Waals surface area contributed by atoms with Crippen LogP contribution in [0.4, 0.5) is 4.39 Å². The Kier molecular flexibility index (Phi) is 4.40. The maximum absolute atomic E-state index is 14.1. The summed E-state index contributed by atoms with van der Waals surface area (Å²) < 4.78 is 24.7. The molecule has 0 aliphatic carbocycles. The number of halogens is 1. The van der Waals surface area contributed by atoms with Crippen LogP contribution in [0.5, 0.6) is 5.75 Å². The first kappa shape index (κ1) is 15.0. The molecular weight excluding hydrogens is 285 g/mol. The minimum absolute atomic E-state index is 0.102. The molecule has 0 spiro atoms. The molecule has 2 heterocycles. The van der Waals surface area contributed by atoms with Crippen LogP contribution >= 0.6 is 0 Å². The van der Waals surface area contributed by atoms with Gasteiger partial charge in [0.05, 0.1) is 19.3 Å². The van der Waals surface area contributed by atoms with Gasteiger partial charge < -0.3 is 14.5 Å². The van der Waals surface area contributed by atoms with Gasteiger partial charge in [-0.3, -0.25) is 4.90 Å². The maximum Gasteiger partial charge on any atom is 0.127 e. The number of nitrogens with one attached hydrogen (secondary N) is 1. The van der Waals surface area contributed by atoms with Crippen molar-refractivity contribution in [3.05, 3.63) is 47.8 Å². The van der Waals surface area contributed by atoms with Crippen LogP contribution in [0.2, 0.25) is 0 Å². The molecule has 22 heavy (non-hydrogen) atoms. The van der Waals surface area contributed by atoms with E-state index in [1.807, 2.05) is 0 Å². The highest BCUT2D eigenvalue weighted by Gasteiger charge is 2.35. The Balaban J connectivity index is 1.83. The van der Waals surface area contributed by atoms with Gasteiger partial charge in [0, 0.05) is 38.2 Å². The molecule has 1 aliphatic heterocycles. The molecule has 0 radical (unpaired) electrons. The van der Waals surface area contributed by atoms with Crippen LogP contribution in [-0.2, 0) is 11.3 Å². The summed E-state index contributed by atoms with van der Waals surface area (Å²) in [6.45, 7) is 1.24. The van der Waals surface area contributed by atoms with Crippen molar-refractivity contribution < 1.29 is 13.9 Å². The third-order valence-corrected chi connectivity index (χ3v) is 4.16. The van der Waals surface area contributed by atoms with Crippen LogP contribution in [-0.4, -0.2) is 41.7 Å². The first-order chi connectivity index (χ1) is 10.7. The lowest BCUT2D eigenvalue weighted by molar-refractivity contribution is 0.107. The van der Waals surface area contributed by atoms with Crippen LogP contribution in [0, 0.1) is 5.82 Å². The summed E-state index contributed by atoms with van der Waals surface area (Å²) in [6.07, 6.45) is 4.51. The van der Waals surface area contributed by atoms with Gasteiger partial charge in [0.2, 0.25) is 0 Å². The maximum atomic E-state index is 14.1. The minimum atomic E-state index is -0.222. The standard InChI is InChI=1S/C16H20FN3O2/c1-21-12-3-4-14(17)11(7-12)9-20-10-13(22-2)8-15(20)16-18-5-6-19-16/h3-7,13,15H,8-10H2,1-2H3,(H,18,19)/t13-,15?/m1/s1. The predicted octanol–water partition coefficient (Wildman–Crippen LogP) is 2.52. The van der Waals surface area contributed by atoms with Crippen LogP contribution in [0.3, 0.4) is 0 Å². The molecule has 0 saturated carbocycles. The Hall–Kier alpha value is -1.92.